The van der Waals surface area contributed by atoms with E-state index in [2.05, 4.69) is 187 Å². The number of para-hydroxylation sites is 1. The highest BCUT2D eigenvalue weighted by molar-refractivity contribution is 6.17. The first-order valence-corrected chi connectivity index (χ1v) is 20.5. The van der Waals surface area contributed by atoms with Crippen LogP contribution in [0.1, 0.15) is 0 Å². The van der Waals surface area contributed by atoms with Gasteiger partial charge in [0.05, 0.1) is 11.2 Å². The molecule has 2 aromatic heterocycles. The van der Waals surface area contributed by atoms with Crippen LogP contribution in [0.15, 0.2) is 224 Å². The van der Waals surface area contributed by atoms with E-state index in [4.69, 9.17) is 20.1 Å². The summed E-state index contributed by atoms with van der Waals surface area (Å²) in [5.74, 6) is 1.90. The Balaban J connectivity index is 0.975. The molecule has 0 saturated heterocycles. The highest BCUT2D eigenvalue weighted by Crippen LogP contribution is 2.42. The molecular formula is C56H37N5. The van der Waals surface area contributed by atoms with Gasteiger partial charge in [0.2, 0.25) is 0 Å². The Labute approximate surface area is 354 Å². The Bertz CT molecular complexity index is 3310. The maximum Gasteiger partial charge on any atom is 0.164 e. The smallest absolute Gasteiger partial charge is 0.164 e. The molecule has 0 bridgehead atoms. The number of nitrogens with zero attached hydrogens (tertiary/aromatic N) is 5. The monoisotopic (exact) mass is 779 g/mol. The Morgan fingerprint density at radius 3 is 1.39 bits per heavy atom. The van der Waals surface area contributed by atoms with Crippen LogP contribution in [0.3, 0.4) is 0 Å². The average molecular weight is 780 g/mol. The molecule has 2 heterocycles. The summed E-state index contributed by atoms with van der Waals surface area (Å²) >= 11 is 0. The first-order chi connectivity index (χ1) is 30.2. The second kappa shape index (κ2) is 15.5. The summed E-state index contributed by atoms with van der Waals surface area (Å²) in [7, 11) is 0. The molecule has 11 aromatic rings. The maximum atomic E-state index is 5.33. The van der Waals surface area contributed by atoms with E-state index in [1.54, 1.807) is 0 Å². The van der Waals surface area contributed by atoms with Gasteiger partial charge in [0.1, 0.15) is 5.69 Å². The number of hydrogen-bond donors (Lipinski definition) is 0. The number of rotatable bonds is 8. The van der Waals surface area contributed by atoms with E-state index in [1.165, 1.54) is 10.8 Å². The Morgan fingerprint density at radius 2 is 0.754 bits per heavy atom. The van der Waals surface area contributed by atoms with Crippen LogP contribution in [-0.2, 0) is 0 Å². The lowest BCUT2D eigenvalue weighted by molar-refractivity contribution is 0.918. The minimum absolute atomic E-state index is 0.626. The van der Waals surface area contributed by atoms with Crippen LogP contribution in [-0.4, -0.2) is 24.7 Å². The molecule has 0 aliphatic heterocycles. The predicted molar refractivity (Wildman–Crippen MR) is 250 cm³/mol. The van der Waals surface area contributed by atoms with Crippen molar-refractivity contribution in [3.63, 3.8) is 0 Å². The topological polar surface area (TPSA) is 56.5 Å². The van der Waals surface area contributed by atoms with Crippen LogP contribution < -0.4 is 0 Å². The van der Waals surface area contributed by atoms with Crippen molar-refractivity contribution in [3.05, 3.63) is 224 Å². The van der Waals surface area contributed by atoms with Crippen molar-refractivity contribution >= 4 is 21.7 Å². The van der Waals surface area contributed by atoms with Crippen LogP contribution in [0.2, 0.25) is 0 Å². The predicted octanol–water partition coefficient (Wildman–Crippen LogP) is 14.0. The van der Waals surface area contributed by atoms with Gasteiger partial charge in [-0.3, -0.25) is 0 Å². The molecule has 0 aliphatic rings. The first-order valence-electron chi connectivity index (χ1n) is 20.5. The second-order valence-electron chi connectivity index (χ2n) is 15.1. The Morgan fingerprint density at radius 1 is 0.311 bits per heavy atom. The molecule has 11 rings (SSSR count). The summed E-state index contributed by atoms with van der Waals surface area (Å²) < 4.78 is 2.11. The van der Waals surface area contributed by atoms with Crippen molar-refractivity contribution in [2.45, 2.75) is 0 Å². The average Bonchev–Trinajstić information content (AvgIpc) is 3.76. The first kappa shape index (κ1) is 35.8. The highest BCUT2D eigenvalue weighted by Gasteiger charge is 2.21. The molecule has 0 saturated carbocycles. The zero-order chi connectivity index (χ0) is 40.5. The Hall–Kier alpha value is -8.28. The molecule has 61 heavy (non-hydrogen) atoms. The molecule has 5 nitrogen and oxygen atoms in total. The van der Waals surface area contributed by atoms with Crippen LogP contribution in [0, 0.1) is 0 Å². The standard InChI is InChI=1S/C56H37N5/c1-5-16-38(17-6-1)45-23-15-24-47(36-45)56-58-54(43-20-9-3-10-21-43)57-55(59-56)44-34-30-40(31-35-44)39-28-32-41(33-29-39)50-37-46-22-13-14-27-49(46)53-51(50)52(42-18-7-2-8-19-42)60-61(53)48-25-11-4-12-26-48/h1-37H. The van der Waals surface area contributed by atoms with E-state index in [1.807, 2.05) is 42.5 Å². The van der Waals surface area contributed by atoms with Gasteiger partial charge in [-0.15, -0.1) is 0 Å². The van der Waals surface area contributed by atoms with Crippen molar-refractivity contribution in [1.82, 2.24) is 24.7 Å². The molecule has 0 fully saturated rings. The van der Waals surface area contributed by atoms with E-state index < -0.39 is 0 Å². The van der Waals surface area contributed by atoms with E-state index in [-0.39, 0.29) is 0 Å². The lowest BCUT2D eigenvalue weighted by atomic mass is 9.92. The van der Waals surface area contributed by atoms with Gasteiger partial charge in [-0.1, -0.05) is 200 Å². The zero-order valence-corrected chi connectivity index (χ0v) is 33.1. The maximum absolute atomic E-state index is 5.33. The number of fused-ring (bicyclic) bond motifs is 3. The summed E-state index contributed by atoms with van der Waals surface area (Å²) in [6.45, 7) is 0. The van der Waals surface area contributed by atoms with E-state index >= 15 is 0 Å². The molecule has 0 aliphatic carbocycles. The molecule has 0 amide bonds. The SMILES string of the molecule is c1ccc(-c2cccc(-c3nc(-c4ccccc4)nc(-c4ccc(-c5ccc(-c6cc7ccccc7c7c6c(-c6ccccc6)nn7-c6ccccc6)cc5)cc4)n3)c2)cc1. The van der Waals surface area contributed by atoms with Gasteiger partial charge in [-0.05, 0) is 63.0 Å². The third kappa shape index (κ3) is 6.84. The minimum atomic E-state index is 0.626. The van der Waals surface area contributed by atoms with Crippen LogP contribution in [0.4, 0.5) is 0 Å². The van der Waals surface area contributed by atoms with Crippen molar-refractivity contribution in [3.8, 4) is 84.5 Å². The zero-order valence-electron chi connectivity index (χ0n) is 33.1. The van der Waals surface area contributed by atoms with Gasteiger partial charge in [-0.2, -0.15) is 5.10 Å². The molecule has 0 unspecified atom stereocenters. The summed E-state index contributed by atoms with van der Waals surface area (Å²) in [5.41, 5.74) is 13.7. The Kier molecular flexibility index (Phi) is 9.10. The van der Waals surface area contributed by atoms with Crippen LogP contribution >= 0.6 is 0 Å². The molecule has 0 N–H and O–H groups in total. The lowest BCUT2D eigenvalue weighted by Crippen LogP contribution is -2.00. The molecule has 0 spiro atoms. The summed E-state index contributed by atoms with van der Waals surface area (Å²) in [6, 6.07) is 78.1. The fourth-order valence-corrected chi connectivity index (χ4v) is 8.24. The van der Waals surface area contributed by atoms with Gasteiger partial charge in [0, 0.05) is 33.0 Å². The van der Waals surface area contributed by atoms with E-state index in [0.717, 1.165) is 77.9 Å². The minimum Gasteiger partial charge on any atom is -0.232 e. The number of benzene rings is 9. The lowest BCUT2D eigenvalue weighted by Gasteiger charge is -2.12. The summed E-state index contributed by atoms with van der Waals surface area (Å²) in [5, 5.41) is 8.79. The van der Waals surface area contributed by atoms with Crippen molar-refractivity contribution < 1.29 is 0 Å². The number of hydrogen-bond acceptors (Lipinski definition) is 4. The fourth-order valence-electron chi connectivity index (χ4n) is 8.24. The molecule has 286 valence electrons. The third-order valence-corrected chi connectivity index (χ3v) is 11.3. The summed E-state index contributed by atoms with van der Waals surface area (Å²) in [4.78, 5) is 15.0. The fraction of sp³-hybridized carbons (Fsp3) is 0. The number of aromatic nitrogens is 5. The van der Waals surface area contributed by atoms with E-state index in [0.29, 0.717) is 17.5 Å². The summed E-state index contributed by atoms with van der Waals surface area (Å²) in [6.07, 6.45) is 0. The highest BCUT2D eigenvalue weighted by atomic mass is 15.3. The molecular weight excluding hydrogens is 743 g/mol. The van der Waals surface area contributed by atoms with Gasteiger partial charge < -0.3 is 0 Å². The third-order valence-electron chi connectivity index (χ3n) is 11.3. The second-order valence-corrected chi connectivity index (χ2v) is 15.1. The van der Waals surface area contributed by atoms with Gasteiger partial charge >= 0.3 is 0 Å². The molecule has 0 atom stereocenters. The van der Waals surface area contributed by atoms with Crippen molar-refractivity contribution in [2.75, 3.05) is 0 Å². The molecule has 5 heteroatoms. The van der Waals surface area contributed by atoms with Crippen molar-refractivity contribution in [2.24, 2.45) is 0 Å². The van der Waals surface area contributed by atoms with Crippen LogP contribution in [0.25, 0.3) is 106 Å². The molecule has 9 aromatic carbocycles. The molecule has 0 radical (unpaired) electrons. The van der Waals surface area contributed by atoms with Gasteiger partial charge in [0.15, 0.2) is 17.5 Å². The van der Waals surface area contributed by atoms with Gasteiger partial charge in [0.25, 0.3) is 0 Å². The van der Waals surface area contributed by atoms with Crippen molar-refractivity contribution in [1.29, 1.82) is 0 Å². The normalized spacial score (nSPS) is 11.3. The quantitative estimate of drug-likeness (QED) is 0.154. The van der Waals surface area contributed by atoms with Gasteiger partial charge in [-0.25, -0.2) is 19.6 Å². The van der Waals surface area contributed by atoms with E-state index in [9.17, 15) is 0 Å². The van der Waals surface area contributed by atoms with Crippen LogP contribution in [0.5, 0.6) is 0 Å². The largest absolute Gasteiger partial charge is 0.232 e.